The maximum Gasteiger partial charge on any atom is -0.0318 e. The molecule has 0 heteroatoms. The molecule has 0 aromatic rings. The summed E-state index contributed by atoms with van der Waals surface area (Å²) >= 11 is 0. The monoisotopic (exact) mass is 240 g/mol. The third-order valence-corrected chi connectivity index (χ3v) is 3.52. The smallest absolute Gasteiger partial charge is 0.0318 e. The molecule has 0 bridgehead atoms. The highest BCUT2D eigenvalue weighted by molar-refractivity contribution is 4.79. The third kappa shape index (κ3) is 8.69. The zero-order valence-electron chi connectivity index (χ0n) is 13.6. The largest absolute Gasteiger partial charge is 0.0628 e. The van der Waals surface area contributed by atoms with E-state index in [1.807, 2.05) is 0 Å². The molecule has 104 valence electrons. The molecule has 0 aliphatic carbocycles. The Labute approximate surface area is 111 Å². The molecule has 0 nitrogen and oxygen atoms in total. The molecule has 0 rings (SSSR count). The van der Waals surface area contributed by atoms with Crippen LogP contribution in [0.25, 0.3) is 0 Å². The number of hydrogen-bond donors (Lipinski definition) is 0. The Bertz CT molecular complexity index is 178. The topological polar surface area (TPSA) is 0 Å². The van der Waals surface area contributed by atoms with Gasteiger partial charge in [0.25, 0.3) is 0 Å². The summed E-state index contributed by atoms with van der Waals surface area (Å²) in [5.74, 6) is 3.36. The van der Waals surface area contributed by atoms with Crippen LogP contribution >= 0.6 is 0 Å². The average Bonchev–Trinajstić information content (AvgIpc) is 1.95. The fourth-order valence-electron chi connectivity index (χ4n) is 3.95. The molecule has 1 atom stereocenters. The molecule has 0 N–H and O–H groups in total. The van der Waals surface area contributed by atoms with E-state index in [1.54, 1.807) is 0 Å². The maximum atomic E-state index is 2.52. The van der Waals surface area contributed by atoms with Gasteiger partial charge in [0.15, 0.2) is 0 Å². The Kier molecular flexibility index (Phi) is 7.44. The first-order chi connectivity index (χ1) is 7.64. The van der Waals surface area contributed by atoms with Gasteiger partial charge in [-0.05, 0) is 54.8 Å². The van der Waals surface area contributed by atoms with E-state index in [-0.39, 0.29) is 0 Å². The number of hydrogen-bond acceptors (Lipinski definition) is 0. The minimum atomic E-state index is 0.552. The SMILES string of the molecule is CC(C)CC(C)CC(C)(CC(C)C)CC(C)C. The highest BCUT2D eigenvalue weighted by Gasteiger charge is 2.28. The van der Waals surface area contributed by atoms with Gasteiger partial charge >= 0.3 is 0 Å². The van der Waals surface area contributed by atoms with Crippen molar-refractivity contribution in [3.05, 3.63) is 0 Å². The summed E-state index contributed by atoms with van der Waals surface area (Å²) in [7, 11) is 0. The van der Waals surface area contributed by atoms with Gasteiger partial charge in [-0.3, -0.25) is 0 Å². The van der Waals surface area contributed by atoms with Gasteiger partial charge in [-0.2, -0.15) is 0 Å². The van der Waals surface area contributed by atoms with Crippen LogP contribution in [0.15, 0.2) is 0 Å². The minimum absolute atomic E-state index is 0.552. The fourth-order valence-corrected chi connectivity index (χ4v) is 3.95. The van der Waals surface area contributed by atoms with Crippen molar-refractivity contribution in [2.24, 2.45) is 29.1 Å². The molecule has 0 amide bonds. The molecule has 0 aromatic heterocycles. The normalized spacial score (nSPS) is 15.0. The first kappa shape index (κ1) is 17.0. The first-order valence-corrected chi connectivity index (χ1v) is 7.64. The van der Waals surface area contributed by atoms with Crippen molar-refractivity contribution in [3.8, 4) is 0 Å². The van der Waals surface area contributed by atoms with Crippen molar-refractivity contribution in [1.29, 1.82) is 0 Å². The van der Waals surface area contributed by atoms with Crippen LogP contribution in [0, 0.1) is 29.1 Å². The Hall–Kier alpha value is 0. The molecule has 1 unspecified atom stereocenters. The zero-order chi connectivity index (χ0) is 13.6. The second-order valence-electron chi connectivity index (χ2n) is 7.95. The zero-order valence-corrected chi connectivity index (χ0v) is 13.6. The number of rotatable bonds is 8. The summed E-state index contributed by atoms with van der Waals surface area (Å²) in [6, 6.07) is 0. The maximum absolute atomic E-state index is 2.52. The van der Waals surface area contributed by atoms with Crippen molar-refractivity contribution >= 4 is 0 Å². The van der Waals surface area contributed by atoms with E-state index in [0.717, 1.165) is 23.7 Å². The van der Waals surface area contributed by atoms with E-state index in [2.05, 4.69) is 55.4 Å². The van der Waals surface area contributed by atoms with E-state index < -0.39 is 0 Å². The van der Waals surface area contributed by atoms with Gasteiger partial charge in [0.05, 0.1) is 0 Å². The lowest BCUT2D eigenvalue weighted by Crippen LogP contribution is -2.24. The van der Waals surface area contributed by atoms with Crippen LogP contribution in [0.2, 0.25) is 0 Å². The van der Waals surface area contributed by atoms with Crippen molar-refractivity contribution in [1.82, 2.24) is 0 Å². The lowest BCUT2D eigenvalue weighted by molar-refractivity contribution is 0.154. The van der Waals surface area contributed by atoms with E-state index in [4.69, 9.17) is 0 Å². The molecule has 0 aliphatic heterocycles. The summed E-state index contributed by atoms with van der Waals surface area (Å²) in [4.78, 5) is 0. The van der Waals surface area contributed by atoms with Crippen molar-refractivity contribution in [3.63, 3.8) is 0 Å². The molecule has 0 saturated carbocycles. The summed E-state index contributed by atoms with van der Waals surface area (Å²) in [6.45, 7) is 19.1. The first-order valence-electron chi connectivity index (χ1n) is 7.64. The lowest BCUT2D eigenvalue weighted by atomic mass is 9.70. The highest BCUT2D eigenvalue weighted by atomic mass is 14.3. The van der Waals surface area contributed by atoms with E-state index >= 15 is 0 Å². The average molecular weight is 240 g/mol. The van der Waals surface area contributed by atoms with Crippen LogP contribution in [0.4, 0.5) is 0 Å². The summed E-state index contributed by atoms with van der Waals surface area (Å²) < 4.78 is 0. The molecule has 0 spiro atoms. The van der Waals surface area contributed by atoms with Gasteiger partial charge in [-0.1, -0.05) is 55.4 Å². The minimum Gasteiger partial charge on any atom is -0.0628 e. The van der Waals surface area contributed by atoms with Gasteiger partial charge < -0.3 is 0 Å². The third-order valence-electron chi connectivity index (χ3n) is 3.52. The predicted octanol–water partition coefficient (Wildman–Crippen LogP) is 6.16. The summed E-state index contributed by atoms with van der Waals surface area (Å²) in [6.07, 6.45) is 5.55. The van der Waals surface area contributed by atoms with Crippen molar-refractivity contribution < 1.29 is 0 Å². The van der Waals surface area contributed by atoms with E-state index in [1.165, 1.54) is 25.7 Å². The standard InChI is InChI=1S/C17H36/c1-13(2)9-16(7)12-17(8,10-14(3)4)11-15(5)6/h13-16H,9-12H2,1-8H3. The molecule has 0 aliphatic rings. The van der Waals surface area contributed by atoms with Crippen molar-refractivity contribution in [2.45, 2.75) is 81.1 Å². The summed E-state index contributed by atoms with van der Waals surface area (Å²) in [5.41, 5.74) is 0.552. The Morgan fingerprint density at radius 2 is 1.06 bits per heavy atom. The quantitative estimate of drug-likeness (QED) is 0.477. The van der Waals surface area contributed by atoms with Crippen LogP contribution in [0.5, 0.6) is 0 Å². The van der Waals surface area contributed by atoms with Gasteiger partial charge in [0.1, 0.15) is 0 Å². The molecule has 0 fully saturated rings. The summed E-state index contributed by atoms with van der Waals surface area (Å²) in [5, 5.41) is 0. The predicted molar refractivity (Wildman–Crippen MR) is 80.3 cm³/mol. The van der Waals surface area contributed by atoms with Gasteiger partial charge in [0, 0.05) is 0 Å². The van der Waals surface area contributed by atoms with Crippen LogP contribution in [0.3, 0.4) is 0 Å². The Balaban J connectivity index is 4.46. The van der Waals surface area contributed by atoms with Gasteiger partial charge in [-0.25, -0.2) is 0 Å². The Morgan fingerprint density at radius 1 is 0.647 bits per heavy atom. The fraction of sp³-hybridized carbons (Fsp3) is 1.00. The van der Waals surface area contributed by atoms with Gasteiger partial charge in [-0.15, -0.1) is 0 Å². The van der Waals surface area contributed by atoms with Gasteiger partial charge in [0.2, 0.25) is 0 Å². The van der Waals surface area contributed by atoms with Crippen LogP contribution in [-0.2, 0) is 0 Å². The van der Waals surface area contributed by atoms with E-state index in [9.17, 15) is 0 Å². The molecule has 0 saturated heterocycles. The van der Waals surface area contributed by atoms with Crippen LogP contribution < -0.4 is 0 Å². The lowest BCUT2D eigenvalue weighted by Gasteiger charge is -2.36. The van der Waals surface area contributed by atoms with E-state index in [0.29, 0.717) is 5.41 Å². The van der Waals surface area contributed by atoms with Crippen LogP contribution in [-0.4, -0.2) is 0 Å². The van der Waals surface area contributed by atoms with Crippen LogP contribution in [0.1, 0.15) is 81.1 Å². The molecular weight excluding hydrogens is 204 g/mol. The second-order valence-corrected chi connectivity index (χ2v) is 7.95. The molecule has 0 heterocycles. The molecule has 0 radical (unpaired) electrons. The van der Waals surface area contributed by atoms with Crippen molar-refractivity contribution in [2.75, 3.05) is 0 Å². The molecular formula is C17H36. The second kappa shape index (κ2) is 7.44. The highest BCUT2D eigenvalue weighted by Crippen LogP contribution is 2.40. The Morgan fingerprint density at radius 3 is 1.35 bits per heavy atom. The molecule has 0 aromatic carbocycles. The molecule has 17 heavy (non-hydrogen) atoms.